The Morgan fingerprint density at radius 1 is 0.892 bits per heavy atom. The van der Waals surface area contributed by atoms with E-state index >= 15 is 0 Å². The predicted octanol–water partition coefficient (Wildman–Crippen LogP) is 3.36. The number of anilines is 2. The Labute approximate surface area is 213 Å². The summed E-state index contributed by atoms with van der Waals surface area (Å²) in [7, 11) is 0. The van der Waals surface area contributed by atoms with Gasteiger partial charge < -0.3 is 14.8 Å². The number of allylic oxidation sites excluding steroid dienone is 2. The van der Waals surface area contributed by atoms with Gasteiger partial charge >= 0.3 is 11.9 Å². The van der Waals surface area contributed by atoms with Gasteiger partial charge in [0.05, 0.1) is 35.3 Å². The van der Waals surface area contributed by atoms with Crippen LogP contribution in [-0.2, 0) is 23.9 Å². The topological polar surface area (TPSA) is 119 Å². The number of rotatable bonds is 7. The number of hydrogen-bond acceptors (Lipinski definition) is 7. The number of benzene rings is 2. The van der Waals surface area contributed by atoms with Crippen molar-refractivity contribution in [1.82, 2.24) is 0 Å². The normalized spacial score (nSPS) is 23.5. The number of nitrogens with one attached hydrogen (secondary N) is 1. The zero-order valence-corrected chi connectivity index (χ0v) is 20.4. The molecule has 1 saturated heterocycles. The number of imide groups is 1. The lowest BCUT2D eigenvalue weighted by atomic mass is 9.82. The smallest absolute Gasteiger partial charge is 0.338 e. The van der Waals surface area contributed by atoms with Crippen LogP contribution in [0.25, 0.3) is 0 Å². The number of ether oxygens (including phenoxy) is 2. The fourth-order valence-corrected chi connectivity index (χ4v) is 5.59. The van der Waals surface area contributed by atoms with E-state index in [2.05, 4.69) is 11.4 Å². The van der Waals surface area contributed by atoms with E-state index < -0.39 is 24.5 Å². The van der Waals surface area contributed by atoms with Gasteiger partial charge in [-0.1, -0.05) is 11.6 Å². The van der Waals surface area contributed by atoms with Crippen LogP contribution in [-0.4, -0.2) is 42.9 Å². The van der Waals surface area contributed by atoms with Gasteiger partial charge in [0.1, 0.15) is 0 Å². The van der Waals surface area contributed by atoms with Crippen LogP contribution in [0.1, 0.15) is 41.0 Å². The molecule has 37 heavy (non-hydrogen) atoms. The van der Waals surface area contributed by atoms with Crippen LogP contribution >= 0.6 is 0 Å². The first-order chi connectivity index (χ1) is 17.8. The molecule has 9 nitrogen and oxygen atoms in total. The average Bonchev–Trinajstić information content (AvgIpc) is 3.53. The van der Waals surface area contributed by atoms with E-state index in [1.807, 2.05) is 6.92 Å². The summed E-state index contributed by atoms with van der Waals surface area (Å²) < 4.78 is 10.0. The minimum atomic E-state index is -0.715. The van der Waals surface area contributed by atoms with Gasteiger partial charge in [0.25, 0.3) is 5.91 Å². The molecule has 0 spiro atoms. The third kappa shape index (κ3) is 4.41. The molecule has 1 aliphatic heterocycles. The van der Waals surface area contributed by atoms with Crippen LogP contribution in [0, 0.1) is 23.7 Å². The average molecular weight is 503 g/mol. The van der Waals surface area contributed by atoms with Crippen LogP contribution in [0.15, 0.2) is 60.2 Å². The van der Waals surface area contributed by atoms with Crippen molar-refractivity contribution in [2.75, 3.05) is 23.4 Å². The summed E-state index contributed by atoms with van der Waals surface area (Å²) in [6.45, 7) is 3.48. The minimum Gasteiger partial charge on any atom is -0.462 e. The molecule has 2 aromatic rings. The summed E-state index contributed by atoms with van der Waals surface area (Å²) in [5.41, 5.74) is 2.58. The molecule has 1 heterocycles. The molecular weight excluding hydrogens is 476 g/mol. The Morgan fingerprint density at radius 3 is 2.14 bits per heavy atom. The highest BCUT2D eigenvalue weighted by Crippen LogP contribution is 2.55. The van der Waals surface area contributed by atoms with E-state index in [1.54, 1.807) is 31.2 Å². The molecule has 0 aromatic heterocycles. The Kier molecular flexibility index (Phi) is 6.37. The number of amides is 3. The molecule has 5 rings (SSSR count). The van der Waals surface area contributed by atoms with Gasteiger partial charge in [-0.15, -0.1) is 0 Å². The second-order valence-electron chi connectivity index (χ2n) is 9.45. The molecular formula is C28H26N2O7. The van der Waals surface area contributed by atoms with E-state index in [0.717, 1.165) is 6.42 Å². The second kappa shape index (κ2) is 9.65. The molecule has 2 aromatic carbocycles. The van der Waals surface area contributed by atoms with Gasteiger partial charge in [-0.3, -0.25) is 19.3 Å². The first-order valence-corrected chi connectivity index (χ1v) is 12.2. The maximum Gasteiger partial charge on any atom is 0.338 e. The van der Waals surface area contributed by atoms with Crippen molar-refractivity contribution >= 4 is 41.0 Å². The van der Waals surface area contributed by atoms with Gasteiger partial charge in [-0.25, -0.2) is 9.59 Å². The highest BCUT2D eigenvalue weighted by molar-refractivity contribution is 6.23. The van der Waals surface area contributed by atoms with Gasteiger partial charge in [-0.2, -0.15) is 0 Å². The summed E-state index contributed by atoms with van der Waals surface area (Å²) in [6, 6.07) is 12.2. The zero-order chi connectivity index (χ0) is 26.3. The van der Waals surface area contributed by atoms with Gasteiger partial charge in [-0.05, 0) is 80.6 Å². The van der Waals surface area contributed by atoms with Crippen LogP contribution in [0.3, 0.4) is 0 Å². The van der Waals surface area contributed by atoms with Crippen molar-refractivity contribution in [3.63, 3.8) is 0 Å². The lowest BCUT2D eigenvalue weighted by Gasteiger charge is -2.19. The molecule has 2 bridgehead atoms. The third-order valence-electron chi connectivity index (χ3n) is 7.26. The predicted molar refractivity (Wildman–Crippen MR) is 133 cm³/mol. The maximum absolute atomic E-state index is 13.1. The lowest BCUT2D eigenvalue weighted by molar-refractivity contribution is -0.123. The largest absolute Gasteiger partial charge is 0.462 e. The Hall–Kier alpha value is -4.27. The number of fused-ring (bicyclic) bond motifs is 5. The minimum absolute atomic E-state index is 0.118. The Bertz CT molecular complexity index is 1310. The number of carbonyl (C=O) groups excluding carboxylic acids is 5. The van der Waals surface area contributed by atoms with E-state index in [9.17, 15) is 24.0 Å². The molecule has 2 fully saturated rings. The molecule has 1 saturated carbocycles. The molecule has 0 unspecified atom stereocenters. The standard InChI is InChI=1S/C28H26N2O7/c1-3-36-27(34)16-4-8-19(9-5-16)29-22(31)14-37-28(35)17-6-10-20(11-7-17)30-25(32)23-18-12-15(2)21(13-18)24(23)26(30)33/h4-12,18,21,23-24H,3,13-14H2,1-2H3,(H,29,31)/t18-,21+,23-,24+/m0/s1. The Balaban J connectivity index is 1.15. The molecule has 0 radical (unpaired) electrons. The summed E-state index contributed by atoms with van der Waals surface area (Å²) >= 11 is 0. The van der Waals surface area contributed by atoms with Gasteiger partial charge in [0.15, 0.2) is 6.61 Å². The van der Waals surface area contributed by atoms with Crippen LogP contribution in [0.5, 0.6) is 0 Å². The van der Waals surface area contributed by atoms with E-state index in [-0.39, 0.29) is 47.7 Å². The first kappa shape index (κ1) is 24.4. The summed E-state index contributed by atoms with van der Waals surface area (Å²) in [5.74, 6) is -2.44. The van der Waals surface area contributed by atoms with Gasteiger partial charge in [0.2, 0.25) is 11.8 Å². The maximum atomic E-state index is 13.1. The van der Waals surface area contributed by atoms with E-state index in [1.165, 1.54) is 34.7 Å². The highest BCUT2D eigenvalue weighted by Gasteiger charge is 2.60. The van der Waals surface area contributed by atoms with Gasteiger partial charge in [0, 0.05) is 5.69 Å². The number of hydrogen-bond donors (Lipinski definition) is 1. The number of nitrogens with zero attached hydrogens (tertiary/aromatic N) is 1. The fourth-order valence-electron chi connectivity index (χ4n) is 5.59. The van der Waals surface area contributed by atoms with E-state index in [0.29, 0.717) is 16.9 Å². The number of carbonyl (C=O) groups is 5. The monoisotopic (exact) mass is 502 g/mol. The van der Waals surface area contributed by atoms with E-state index in [4.69, 9.17) is 9.47 Å². The number of esters is 2. The Morgan fingerprint density at radius 2 is 1.49 bits per heavy atom. The molecule has 4 atom stereocenters. The molecule has 1 N–H and O–H groups in total. The van der Waals surface area contributed by atoms with Crippen molar-refractivity contribution in [2.45, 2.75) is 20.3 Å². The van der Waals surface area contributed by atoms with Crippen molar-refractivity contribution in [1.29, 1.82) is 0 Å². The molecule has 9 heteroatoms. The molecule has 3 aliphatic rings. The highest BCUT2D eigenvalue weighted by atomic mass is 16.5. The second-order valence-corrected chi connectivity index (χ2v) is 9.45. The SMILES string of the molecule is CCOC(=O)c1ccc(NC(=O)COC(=O)c2ccc(N3C(=O)[C@@H]4[C@H](C3=O)[C@@H]3C[C@@H]4C=C3C)cc2)cc1. The summed E-state index contributed by atoms with van der Waals surface area (Å²) in [6.07, 6.45) is 2.98. The lowest BCUT2D eigenvalue weighted by Crippen LogP contribution is -2.33. The molecule has 3 amide bonds. The fraction of sp³-hybridized carbons (Fsp3) is 0.321. The summed E-state index contributed by atoms with van der Waals surface area (Å²) in [4.78, 5) is 63.7. The third-order valence-corrected chi connectivity index (χ3v) is 7.26. The zero-order valence-electron chi connectivity index (χ0n) is 20.4. The van der Waals surface area contributed by atoms with Crippen molar-refractivity contribution in [3.8, 4) is 0 Å². The van der Waals surface area contributed by atoms with Crippen LogP contribution in [0.4, 0.5) is 11.4 Å². The van der Waals surface area contributed by atoms with Crippen molar-refractivity contribution in [3.05, 3.63) is 71.3 Å². The van der Waals surface area contributed by atoms with Crippen LogP contribution in [0.2, 0.25) is 0 Å². The first-order valence-electron chi connectivity index (χ1n) is 12.2. The summed E-state index contributed by atoms with van der Waals surface area (Å²) in [5, 5.41) is 2.58. The quantitative estimate of drug-likeness (QED) is 0.350. The van der Waals surface area contributed by atoms with Crippen molar-refractivity contribution < 1.29 is 33.4 Å². The van der Waals surface area contributed by atoms with Crippen molar-refractivity contribution in [2.24, 2.45) is 23.7 Å². The molecule has 2 aliphatic carbocycles. The van der Waals surface area contributed by atoms with Crippen LogP contribution < -0.4 is 10.2 Å². The molecule has 190 valence electrons.